The Morgan fingerprint density at radius 1 is 1.04 bits per heavy atom. The van der Waals surface area contributed by atoms with Gasteiger partial charge in [-0.3, -0.25) is 9.59 Å². The van der Waals surface area contributed by atoms with Crippen LogP contribution in [-0.2, 0) is 14.3 Å². The Morgan fingerprint density at radius 2 is 1.74 bits per heavy atom. The molecule has 0 saturated carbocycles. The molecule has 2 aromatic rings. The predicted octanol–water partition coefficient (Wildman–Crippen LogP) is 3.05. The highest BCUT2D eigenvalue weighted by molar-refractivity contribution is 5.99. The van der Waals surface area contributed by atoms with Crippen molar-refractivity contribution in [2.24, 2.45) is 5.92 Å². The monoisotopic (exact) mass is 367 g/mol. The van der Waals surface area contributed by atoms with E-state index in [1.165, 1.54) is 31.4 Å². The maximum Gasteiger partial charge on any atom is 0.337 e. The fraction of sp³-hybridized carbons (Fsp3) is 0.286. The first-order valence-electron chi connectivity index (χ1n) is 8.66. The molecule has 6 heteroatoms. The normalized spacial score (nSPS) is 16.3. The van der Waals surface area contributed by atoms with Crippen molar-refractivity contribution in [2.75, 3.05) is 18.6 Å². The van der Waals surface area contributed by atoms with Gasteiger partial charge >= 0.3 is 11.9 Å². The average molecular weight is 367 g/mol. The van der Waals surface area contributed by atoms with Crippen molar-refractivity contribution in [1.29, 1.82) is 0 Å². The predicted molar refractivity (Wildman–Crippen MR) is 99.8 cm³/mol. The van der Waals surface area contributed by atoms with E-state index in [2.05, 4.69) is 4.74 Å². The molecule has 0 bridgehead atoms. The number of ether oxygens (including phenoxy) is 2. The lowest BCUT2D eigenvalue weighted by Gasteiger charge is -2.17. The van der Waals surface area contributed by atoms with Crippen molar-refractivity contribution in [3.8, 4) is 5.75 Å². The summed E-state index contributed by atoms with van der Waals surface area (Å²) in [7, 11) is 1.30. The highest BCUT2D eigenvalue weighted by atomic mass is 16.5. The van der Waals surface area contributed by atoms with Crippen LogP contribution in [-0.4, -0.2) is 31.5 Å². The molecule has 0 radical (unpaired) electrons. The van der Waals surface area contributed by atoms with E-state index in [1.54, 1.807) is 4.90 Å². The van der Waals surface area contributed by atoms with E-state index in [0.29, 0.717) is 17.9 Å². The minimum atomic E-state index is -0.528. The molecule has 0 spiro atoms. The summed E-state index contributed by atoms with van der Waals surface area (Å²) in [6.45, 7) is 4.29. The molecule has 0 aliphatic carbocycles. The maximum atomic E-state index is 12.4. The van der Waals surface area contributed by atoms with Crippen LogP contribution in [0, 0.1) is 19.8 Å². The fourth-order valence-electron chi connectivity index (χ4n) is 2.98. The summed E-state index contributed by atoms with van der Waals surface area (Å²) >= 11 is 0. The minimum Gasteiger partial charge on any atom is -0.465 e. The van der Waals surface area contributed by atoms with Crippen molar-refractivity contribution in [1.82, 2.24) is 0 Å². The van der Waals surface area contributed by atoms with Crippen molar-refractivity contribution >= 4 is 23.5 Å². The molecule has 1 heterocycles. The number of anilines is 1. The second-order valence-corrected chi connectivity index (χ2v) is 6.61. The van der Waals surface area contributed by atoms with Crippen LogP contribution >= 0.6 is 0 Å². The van der Waals surface area contributed by atoms with Gasteiger partial charge in [0, 0.05) is 18.7 Å². The molecule has 1 aliphatic rings. The van der Waals surface area contributed by atoms with Gasteiger partial charge in [-0.1, -0.05) is 6.07 Å². The van der Waals surface area contributed by atoms with Crippen molar-refractivity contribution in [3.63, 3.8) is 0 Å². The Balaban J connectivity index is 1.66. The third-order valence-corrected chi connectivity index (χ3v) is 4.75. The van der Waals surface area contributed by atoms with Gasteiger partial charge in [-0.2, -0.15) is 0 Å². The van der Waals surface area contributed by atoms with Crippen LogP contribution in [0.15, 0.2) is 42.5 Å². The Hall–Kier alpha value is -3.15. The van der Waals surface area contributed by atoms with Crippen LogP contribution in [0.1, 0.15) is 27.9 Å². The van der Waals surface area contributed by atoms with Gasteiger partial charge in [0.25, 0.3) is 0 Å². The van der Waals surface area contributed by atoms with Gasteiger partial charge < -0.3 is 14.4 Å². The van der Waals surface area contributed by atoms with E-state index in [1.807, 2.05) is 32.0 Å². The molecule has 3 rings (SSSR count). The number of carbonyl (C=O) groups excluding carboxylic acids is 3. The summed E-state index contributed by atoms with van der Waals surface area (Å²) in [5.41, 5.74) is 3.41. The minimum absolute atomic E-state index is 0.0961. The number of carbonyl (C=O) groups is 3. The van der Waals surface area contributed by atoms with Crippen LogP contribution in [0.2, 0.25) is 0 Å². The Kier molecular flexibility index (Phi) is 5.26. The zero-order valence-electron chi connectivity index (χ0n) is 15.5. The summed E-state index contributed by atoms with van der Waals surface area (Å²) in [6.07, 6.45) is 0.117. The van der Waals surface area contributed by atoms with Crippen molar-refractivity contribution in [3.05, 3.63) is 59.2 Å². The summed E-state index contributed by atoms with van der Waals surface area (Å²) in [5, 5.41) is 0. The highest BCUT2D eigenvalue weighted by Crippen LogP contribution is 2.28. The molecule has 27 heavy (non-hydrogen) atoms. The Bertz CT molecular complexity index is 888. The van der Waals surface area contributed by atoms with Gasteiger partial charge in [-0.25, -0.2) is 4.79 Å². The van der Waals surface area contributed by atoms with Gasteiger partial charge in [0.05, 0.1) is 18.6 Å². The number of hydrogen-bond acceptors (Lipinski definition) is 5. The summed E-state index contributed by atoms with van der Waals surface area (Å²) < 4.78 is 10.0. The van der Waals surface area contributed by atoms with Crippen LogP contribution in [0.3, 0.4) is 0 Å². The number of methoxy groups -OCH3 is 1. The zero-order valence-corrected chi connectivity index (χ0v) is 15.5. The van der Waals surface area contributed by atoms with E-state index in [-0.39, 0.29) is 12.3 Å². The molecule has 1 saturated heterocycles. The lowest BCUT2D eigenvalue weighted by molar-refractivity contribution is -0.139. The molecule has 1 atom stereocenters. The topological polar surface area (TPSA) is 72.9 Å². The SMILES string of the molecule is COC(=O)c1ccc(OC(=O)[C@@H]2CC(=O)N(c3ccc(C)c(C)c3)C2)cc1. The Labute approximate surface area is 157 Å². The van der Waals surface area contributed by atoms with Crippen molar-refractivity contribution < 1.29 is 23.9 Å². The molecule has 1 aliphatic heterocycles. The van der Waals surface area contributed by atoms with E-state index >= 15 is 0 Å². The Morgan fingerprint density at radius 3 is 2.37 bits per heavy atom. The standard InChI is InChI=1S/C21H21NO5/c1-13-4-7-17(10-14(13)2)22-12-16(11-19(22)23)21(25)27-18-8-5-15(6-9-18)20(24)26-3/h4-10,16H,11-12H2,1-3H3/t16-/m1/s1. The molecule has 6 nitrogen and oxygen atoms in total. The number of benzene rings is 2. The number of aryl methyl sites for hydroxylation is 2. The zero-order chi connectivity index (χ0) is 19.6. The summed E-state index contributed by atoms with van der Waals surface area (Å²) in [6, 6.07) is 11.9. The van der Waals surface area contributed by atoms with E-state index in [9.17, 15) is 14.4 Å². The maximum absolute atomic E-state index is 12.4. The average Bonchev–Trinajstić information content (AvgIpc) is 3.06. The van der Waals surface area contributed by atoms with Crippen LogP contribution in [0.5, 0.6) is 5.75 Å². The third kappa shape index (κ3) is 4.00. The summed E-state index contributed by atoms with van der Waals surface area (Å²) in [5.74, 6) is -1.22. The molecule has 140 valence electrons. The van der Waals surface area contributed by atoms with Gasteiger partial charge in [-0.05, 0) is 61.4 Å². The first kappa shape index (κ1) is 18.6. The lowest BCUT2D eigenvalue weighted by atomic mass is 10.1. The van der Waals surface area contributed by atoms with Crippen molar-refractivity contribution in [2.45, 2.75) is 20.3 Å². The quantitative estimate of drug-likeness (QED) is 0.613. The van der Waals surface area contributed by atoms with Gasteiger partial charge in [0.1, 0.15) is 5.75 Å². The van der Waals surface area contributed by atoms with Crippen LogP contribution in [0.4, 0.5) is 5.69 Å². The number of rotatable bonds is 4. The molecule has 2 aromatic carbocycles. The number of amides is 1. The highest BCUT2D eigenvalue weighted by Gasteiger charge is 2.36. The molecule has 0 unspecified atom stereocenters. The van der Waals surface area contributed by atoms with Gasteiger partial charge in [0.15, 0.2) is 0 Å². The fourth-order valence-corrected chi connectivity index (χ4v) is 2.98. The molecule has 0 N–H and O–H groups in total. The number of hydrogen-bond donors (Lipinski definition) is 0. The van der Waals surface area contributed by atoms with E-state index < -0.39 is 17.9 Å². The third-order valence-electron chi connectivity index (χ3n) is 4.75. The first-order chi connectivity index (χ1) is 12.9. The van der Waals surface area contributed by atoms with Gasteiger partial charge in [0.2, 0.25) is 5.91 Å². The molecule has 1 amide bonds. The summed E-state index contributed by atoms with van der Waals surface area (Å²) in [4.78, 5) is 37.9. The second kappa shape index (κ2) is 7.61. The van der Waals surface area contributed by atoms with E-state index in [0.717, 1.165) is 16.8 Å². The second-order valence-electron chi connectivity index (χ2n) is 6.61. The largest absolute Gasteiger partial charge is 0.465 e. The number of esters is 2. The number of nitrogens with zero attached hydrogens (tertiary/aromatic N) is 1. The van der Waals surface area contributed by atoms with Gasteiger partial charge in [-0.15, -0.1) is 0 Å². The lowest BCUT2D eigenvalue weighted by Crippen LogP contribution is -2.27. The molecule has 1 fully saturated rings. The van der Waals surface area contributed by atoms with Crippen LogP contribution in [0.25, 0.3) is 0 Å². The van der Waals surface area contributed by atoms with Crippen LogP contribution < -0.4 is 9.64 Å². The first-order valence-corrected chi connectivity index (χ1v) is 8.66. The molecular weight excluding hydrogens is 346 g/mol. The smallest absolute Gasteiger partial charge is 0.337 e. The molecular formula is C21H21NO5. The molecule has 0 aromatic heterocycles. The van der Waals surface area contributed by atoms with E-state index in [4.69, 9.17) is 4.74 Å².